The van der Waals surface area contributed by atoms with E-state index >= 15 is 0 Å². The number of H-pyrrole nitrogens is 1. The van der Waals surface area contributed by atoms with Crippen molar-refractivity contribution in [2.24, 2.45) is 0 Å². The quantitative estimate of drug-likeness (QED) is 0.126. The van der Waals surface area contributed by atoms with Crippen molar-refractivity contribution < 1.29 is 19.1 Å². The number of carbonyl (C=O) groups excluding carboxylic acids is 3. The number of rotatable bonds is 11. The summed E-state index contributed by atoms with van der Waals surface area (Å²) in [5.74, 6) is -0.631. The van der Waals surface area contributed by atoms with Crippen LogP contribution in [-0.2, 0) is 20.9 Å². The normalized spacial score (nSPS) is 11.7. The predicted molar refractivity (Wildman–Crippen MR) is 177 cm³/mol. The van der Waals surface area contributed by atoms with E-state index in [2.05, 4.69) is 46.2 Å². The number of imidazole rings is 1. The molecule has 0 bridgehead atoms. The minimum Gasteiger partial charge on any atom is -0.453 e. The molecule has 0 spiro atoms. The van der Waals surface area contributed by atoms with Gasteiger partial charge in [-0.15, -0.1) is 5.10 Å². The topological polar surface area (TPSA) is 169 Å². The predicted octanol–water partition coefficient (Wildman–Crippen LogP) is 5.77. The molecule has 0 fully saturated rings. The fourth-order valence-corrected chi connectivity index (χ4v) is 5.09. The summed E-state index contributed by atoms with van der Waals surface area (Å²) in [5, 5.41) is 20.6. The van der Waals surface area contributed by atoms with Crippen LogP contribution in [0.2, 0.25) is 15.2 Å². The van der Waals surface area contributed by atoms with E-state index in [1.54, 1.807) is 66.7 Å². The summed E-state index contributed by atoms with van der Waals surface area (Å²) in [4.78, 5) is 45.5. The summed E-state index contributed by atoms with van der Waals surface area (Å²) in [7, 11) is 1.27. The van der Waals surface area contributed by atoms with E-state index in [0.717, 1.165) is 5.56 Å². The van der Waals surface area contributed by atoms with Gasteiger partial charge in [-0.2, -0.15) is 4.68 Å². The maximum absolute atomic E-state index is 13.2. The molecule has 3 amide bonds. The third kappa shape index (κ3) is 8.94. The van der Waals surface area contributed by atoms with E-state index in [0.29, 0.717) is 38.2 Å². The van der Waals surface area contributed by atoms with Gasteiger partial charge in [0, 0.05) is 39.5 Å². The van der Waals surface area contributed by atoms with Crippen LogP contribution in [-0.4, -0.2) is 55.2 Å². The summed E-state index contributed by atoms with van der Waals surface area (Å²) in [6, 6.07) is 18.0. The number of nitrogens with one attached hydrogen (secondary N) is 4. The number of nitrogens with zero attached hydrogens (tertiary/aromatic N) is 5. The Bertz CT molecular complexity index is 1910. The number of tetrazole rings is 1. The van der Waals surface area contributed by atoms with Crippen molar-refractivity contribution in [3.63, 3.8) is 0 Å². The number of methoxy groups -OCH3 is 1. The number of hydrogen-bond acceptors (Lipinski definition) is 8. The van der Waals surface area contributed by atoms with Crippen molar-refractivity contribution in [1.29, 1.82) is 0 Å². The Kier molecular flexibility index (Phi) is 10.8. The second-order valence-electron chi connectivity index (χ2n) is 9.94. The van der Waals surface area contributed by atoms with E-state index in [1.165, 1.54) is 24.2 Å². The zero-order valence-electron chi connectivity index (χ0n) is 24.6. The second-order valence-corrected chi connectivity index (χ2v) is 11.2. The molecule has 2 heterocycles. The minimum absolute atomic E-state index is 0.168. The highest BCUT2D eigenvalue weighted by Gasteiger charge is 2.23. The summed E-state index contributed by atoms with van der Waals surface area (Å²) >= 11 is 18.8. The van der Waals surface area contributed by atoms with Crippen molar-refractivity contribution in [2.45, 2.75) is 19.0 Å². The molecule has 4 N–H and O–H groups in total. The van der Waals surface area contributed by atoms with Crippen LogP contribution >= 0.6 is 34.8 Å². The highest BCUT2D eigenvalue weighted by molar-refractivity contribution is 6.32. The van der Waals surface area contributed by atoms with Crippen LogP contribution in [0.15, 0.2) is 79.1 Å². The number of hydrogen-bond donors (Lipinski definition) is 4. The number of carbonyl (C=O) groups is 3. The lowest BCUT2D eigenvalue weighted by atomic mass is 10.1. The molecule has 0 saturated carbocycles. The third-order valence-corrected chi connectivity index (χ3v) is 7.43. The Labute approximate surface area is 283 Å². The number of amides is 3. The first-order valence-corrected chi connectivity index (χ1v) is 15.1. The second kappa shape index (κ2) is 15.4. The molecular weight excluding hydrogens is 669 g/mol. The molecule has 0 saturated heterocycles. The smallest absolute Gasteiger partial charge is 0.411 e. The van der Waals surface area contributed by atoms with Crippen LogP contribution < -0.4 is 16.0 Å². The minimum atomic E-state index is -0.906. The van der Waals surface area contributed by atoms with Crippen molar-refractivity contribution in [2.75, 3.05) is 12.4 Å². The lowest BCUT2D eigenvalue weighted by Gasteiger charge is -2.16. The van der Waals surface area contributed by atoms with Crippen LogP contribution in [0.3, 0.4) is 0 Å². The van der Waals surface area contributed by atoms with Crippen molar-refractivity contribution in [3.05, 3.63) is 111 Å². The van der Waals surface area contributed by atoms with Gasteiger partial charge >= 0.3 is 6.09 Å². The zero-order chi connectivity index (χ0) is 33.3. The van der Waals surface area contributed by atoms with Gasteiger partial charge in [-0.25, -0.2) is 9.78 Å². The van der Waals surface area contributed by atoms with Crippen LogP contribution in [0.25, 0.3) is 23.0 Å². The third-order valence-electron chi connectivity index (χ3n) is 6.68. The van der Waals surface area contributed by atoms with Gasteiger partial charge < -0.3 is 20.4 Å². The first-order valence-electron chi connectivity index (χ1n) is 13.9. The molecule has 13 nitrogen and oxygen atoms in total. The molecule has 5 rings (SSSR count). The molecule has 0 aliphatic heterocycles. The van der Waals surface area contributed by atoms with E-state index in [9.17, 15) is 14.4 Å². The average Bonchev–Trinajstić information content (AvgIpc) is 3.73. The average molecular weight is 695 g/mol. The van der Waals surface area contributed by atoms with Gasteiger partial charge in [-0.05, 0) is 64.5 Å². The van der Waals surface area contributed by atoms with Crippen LogP contribution in [0, 0.1) is 0 Å². The lowest BCUT2D eigenvalue weighted by Crippen LogP contribution is -2.33. The summed E-state index contributed by atoms with van der Waals surface area (Å²) in [5.41, 5.74) is 3.48. The first-order chi connectivity index (χ1) is 22.7. The molecule has 2 aromatic heterocycles. The Morgan fingerprint density at radius 3 is 2.53 bits per heavy atom. The molecule has 16 heteroatoms. The first kappa shape index (κ1) is 33.1. The van der Waals surface area contributed by atoms with E-state index in [4.69, 9.17) is 34.8 Å². The summed E-state index contributed by atoms with van der Waals surface area (Å²) < 4.78 is 6.05. The van der Waals surface area contributed by atoms with Gasteiger partial charge in [0.15, 0.2) is 0 Å². The van der Waals surface area contributed by atoms with E-state index in [1.807, 2.05) is 6.07 Å². The number of aromatic nitrogens is 6. The summed E-state index contributed by atoms with van der Waals surface area (Å²) in [6.07, 6.45) is 3.49. The Morgan fingerprint density at radius 2 is 1.81 bits per heavy atom. The maximum Gasteiger partial charge on any atom is 0.411 e. The number of ether oxygens (including phenoxy) is 1. The molecular formula is C31H26Cl3N9O4. The molecule has 0 aliphatic rings. The number of aromatic amines is 1. The van der Waals surface area contributed by atoms with Crippen molar-refractivity contribution in [1.82, 2.24) is 40.8 Å². The fourth-order valence-electron chi connectivity index (χ4n) is 4.45. The van der Waals surface area contributed by atoms with Gasteiger partial charge in [0.25, 0.3) is 0 Å². The van der Waals surface area contributed by atoms with Gasteiger partial charge in [-0.1, -0.05) is 59.1 Å². The van der Waals surface area contributed by atoms with Gasteiger partial charge in [0.1, 0.15) is 23.0 Å². The van der Waals surface area contributed by atoms with Crippen molar-refractivity contribution >= 4 is 64.5 Å². The highest BCUT2D eigenvalue weighted by Crippen LogP contribution is 2.29. The number of benzene rings is 3. The molecule has 0 radical (unpaired) electrons. The maximum atomic E-state index is 13.2. The van der Waals surface area contributed by atoms with Crippen LogP contribution in [0.5, 0.6) is 0 Å². The van der Waals surface area contributed by atoms with Crippen molar-refractivity contribution in [3.8, 4) is 16.9 Å². The zero-order valence-corrected chi connectivity index (χ0v) is 26.8. The SMILES string of the molecule is COC(=O)Nc1ccc(-c2nc([C@H](CC(=O)NCc3cccc(Cl)c3)NC(=O)/C=C/c3cc(Cl)ccc3-n3cnnn3)[nH]c2Cl)cc1. The molecule has 240 valence electrons. The Hall–Kier alpha value is -5.24. The summed E-state index contributed by atoms with van der Waals surface area (Å²) in [6.45, 7) is 0.227. The van der Waals surface area contributed by atoms with Gasteiger partial charge in [-0.3, -0.25) is 14.9 Å². The molecule has 0 aliphatic carbocycles. The van der Waals surface area contributed by atoms with E-state index < -0.39 is 18.0 Å². The lowest BCUT2D eigenvalue weighted by molar-refractivity contribution is -0.122. The molecule has 3 aromatic carbocycles. The standard InChI is InChI=1S/C31H26Cl3N9O4/c1-47-31(46)37-23-9-5-19(6-10-23)28-29(34)40-30(39-28)24(15-27(45)35-16-18-3-2-4-21(32)13-18)38-26(44)12-7-20-14-22(33)8-11-25(20)43-17-36-41-42-43/h2-14,17,24H,15-16H2,1H3,(H,35,45)(H,37,46)(H,38,44)(H,39,40)/b12-7+/t24-/m0/s1. The molecule has 0 unspecified atom stereocenters. The molecule has 47 heavy (non-hydrogen) atoms. The van der Waals surface area contributed by atoms with Crippen LogP contribution in [0.1, 0.15) is 29.4 Å². The van der Waals surface area contributed by atoms with Gasteiger partial charge in [0.05, 0.1) is 25.3 Å². The van der Waals surface area contributed by atoms with Gasteiger partial charge in [0.2, 0.25) is 11.8 Å². The highest BCUT2D eigenvalue weighted by atomic mass is 35.5. The molecule has 5 aromatic rings. The largest absolute Gasteiger partial charge is 0.453 e. The number of halogens is 3. The monoisotopic (exact) mass is 693 g/mol. The number of anilines is 1. The van der Waals surface area contributed by atoms with Crippen LogP contribution in [0.4, 0.5) is 10.5 Å². The fraction of sp³-hybridized carbons (Fsp3) is 0.129. The Morgan fingerprint density at radius 1 is 1.02 bits per heavy atom. The Balaban J connectivity index is 1.37. The van der Waals surface area contributed by atoms with E-state index in [-0.39, 0.29) is 29.9 Å². The molecule has 1 atom stereocenters.